The Balaban J connectivity index is 1.56. The van der Waals surface area contributed by atoms with E-state index in [0.29, 0.717) is 11.9 Å². The molecule has 1 aromatic carbocycles. The third-order valence-electron chi connectivity index (χ3n) is 5.20. The molecule has 28 heavy (non-hydrogen) atoms. The minimum Gasteiger partial charge on any atom is -0.349 e. The molecule has 1 N–H and O–H groups in total. The van der Waals surface area contributed by atoms with Crippen LogP contribution in [0, 0.1) is 0 Å². The molecule has 0 aliphatic carbocycles. The second-order valence-corrected chi connectivity index (χ2v) is 6.79. The smallest absolute Gasteiger partial charge is 0.319 e. The van der Waals surface area contributed by atoms with Gasteiger partial charge in [-0.05, 0) is 12.0 Å². The van der Waals surface area contributed by atoms with Crippen molar-refractivity contribution in [3.05, 3.63) is 54.1 Å². The highest BCUT2D eigenvalue weighted by Crippen LogP contribution is 2.25. The molecule has 1 atom stereocenters. The van der Waals surface area contributed by atoms with Crippen LogP contribution in [0.15, 0.2) is 47.7 Å². The van der Waals surface area contributed by atoms with Crippen LogP contribution in [0.3, 0.4) is 0 Å². The van der Waals surface area contributed by atoms with E-state index in [2.05, 4.69) is 56.3 Å². The fraction of sp³-hybridized carbons (Fsp3) is 0.500. The number of benzene rings is 1. The summed E-state index contributed by atoms with van der Waals surface area (Å²) < 4.78 is 26.8. The molecule has 0 radical (unpaired) electrons. The van der Waals surface area contributed by atoms with Gasteiger partial charge < -0.3 is 10.2 Å². The number of piperazine rings is 1. The number of hydrogen-bond acceptors (Lipinski definition) is 3. The summed E-state index contributed by atoms with van der Waals surface area (Å²) >= 11 is 0. The summed E-state index contributed by atoms with van der Waals surface area (Å²) in [4.78, 5) is 13.0. The first kappa shape index (κ1) is 20.3. The average molecular weight is 390 g/mol. The number of aromatic nitrogens is 2. The predicted octanol–water partition coefficient (Wildman–Crippen LogP) is 3.12. The Morgan fingerprint density at radius 2 is 1.89 bits per heavy atom. The first-order valence-corrected chi connectivity index (χ1v) is 9.68. The van der Waals surface area contributed by atoms with Crippen molar-refractivity contribution in [1.82, 2.24) is 24.7 Å². The highest BCUT2D eigenvalue weighted by atomic mass is 19.3. The van der Waals surface area contributed by atoms with Crippen molar-refractivity contribution in [1.29, 1.82) is 0 Å². The van der Waals surface area contributed by atoms with Gasteiger partial charge >= 0.3 is 6.55 Å². The predicted molar refractivity (Wildman–Crippen MR) is 106 cm³/mol. The van der Waals surface area contributed by atoms with Crippen molar-refractivity contribution in [3.8, 4) is 0 Å². The van der Waals surface area contributed by atoms with E-state index in [0.717, 1.165) is 43.1 Å². The third kappa shape index (κ3) is 4.67. The van der Waals surface area contributed by atoms with E-state index in [1.54, 1.807) is 7.05 Å². The molecular formula is C20H28F2N6. The van der Waals surface area contributed by atoms with Crippen molar-refractivity contribution in [2.75, 3.05) is 33.2 Å². The van der Waals surface area contributed by atoms with Crippen molar-refractivity contribution in [2.24, 2.45) is 4.99 Å². The minimum absolute atomic E-state index is 0.214. The number of alkyl halides is 2. The molecule has 0 amide bonds. The van der Waals surface area contributed by atoms with E-state index >= 15 is 0 Å². The highest BCUT2D eigenvalue weighted by Gasteiger charge is 2.25. The normalized spacial score (nSPS) is 17.2. The number of nitrogens with one attached hydrogen (secondary N) is 1. The molecule has 0 bridgehead atoms. The summed E-state index contributed by atoms with van der Waals surface area (Å²) in [7, 11) is 1.72. The molecular weight excluding hydrogens is 362 g/mol. The maximum atomic E-state index is 13.0. The SMILES string of the molecule is CCC(c1ccccc1)N1CCN(C(=NC)NCc2nccn2C(F)F)CC1. The fourth-order valence-electron chi connectivity index (χ4n) is 3.77. The maximum Gasteiger partial charge on any atom is 0.319 e. The van der Waals surface area contributed by atoms with E-state index in [4.69, 9.17) is 0 Å². The van der Waals surface area contributed by atoms with E-state index in [9.17, 15) is 8.78 Å². The minimum atomic E-state index is -2.59. The Hall–Kier alpha value is -2.48. The molecule has 8 heteroatoms. The van der Waals surface area contributed by atoms with Gasteiger partial charge in [-0.1, -0.05) is 37.3 Å². The second kappa shape index (κ2) is 9.64. The van der Waals surface area contributed by atoms with Crippen LogP contribution in [0.5, 0.6) is 0 Å². The van der Waals surface area contributed by atoms with Gasteiger partial charge in [0.1, 0.15) is 5.82 Å². The molecule has 1 fully saturated rings. The van der Waals surface area contributed by atoms with E-state index < -0.39 is 6.55 Å². The topological polar surface area (TPSA) is 48.7 Å². The van der Waals surface area contributed by atoms with Crippen molar-refractivity contribution >= 4 is 5.96 Å². The fourth-order valence-corrected chi connectivity index (χ4v) is 3.77. The van der Waals surface area contributed by atoms with Crippen LogP contribution in [-0.2, 0) is 6.54 Å². The molecule has 1 aliphatic heterocycles. The largest absolute Gasteiger partial charge is 0.349 e. The summed E-state index contributed by atoms with van der Waals surface area (Å²) in [6.45, 7) is 3.38. The van der Waals surface area contributed by atoms with Gasteiger partial charge in [0.15, 0.2) is 5.96 Å². The van der Waals surface area contributed by atoms with Crippen LogP contribution in [0.1, 0.15) is 37.3 Å². The molecule has 1 unspecified atom stereocenters. The van der Waals surface area contributed by atoms with Crippen LogP contribution < -0.4 is 5.32 Å². The number of rotatable bonds is 6. The van der Waals surface area contributed by atoms with Crippen LogP contribution in [0.4, 0.5) is 8.78 Å². The second-order valence-electron chi connectivity index (χ2n) is 6.79. The standard InChI is InChI=1S/C20H28F2N6/c1-3-17(16-7-5-4-6-8-16)26-11-13-27(14-12-26)20(23-2)25-15-18-24-9-10-28(18)19(21)22/h4-10,17,19H,3,11-15H2,1-2H3,(H,23,25). The van der Waals surface area contributed by atoms with Crippen molar-refractivity contribution in [3.63, 3.8) is 0 Å². The maximum absolute atomic E-state index is 13.0. The van der Waals surface area contributed by atoms with Crippen LogP contribution >= 0.6 is 0 Å². The van der Waals surface area contributed by atoms with E-state index in [1.165, 1.54) is 18.0 Å². The summed E-state index contributed by atoms with van der Waals surface area (Å²) in [5.74, 6) is 1.01. The summed E-state index contributed by atoms with van der Waals surface area (Å²) in [5.41, 5.74) is 1.35. The monoisotopic (exact) mass is 390 g/mol. The van der Waals surface area contributed by atoms with Gasteiger partial charge in [0.2, 0.25) is 0 Å². The number of imidazole rings is 1. The molecule has 1 aliphatic rings. The molecule has 3 rings (SSSR count). The Morgan fingerprint density at radius 1 is 1.18 bits per heavy atom. The Labute approximate surface area is 164 Å². The Kier molecular flexibility index (Phi) is 6.97. The van der Waals surface area contributed by atoms with E-state index in [-0.39, 0.29) is 6.54 Å². The molecule has 0 spiro atoms. The molecule has 152 valence electrons. The summed E-state index contributed by atoms with van der Waals surface area (Å²) in [6, 6.07) is 11.0. The zero-order valence-corrected chi connectivity index (χ0v) is 16.4. The number of nitrogens with zero attached hydrogens (tertiary/aromatic N) is 5. The zero-order chi connectivity index (χ0) is 19.9. The number of aliphatic imine (C=N–C) groups is 1. The lowest BCUT2D eigenvalue weighted by Crippen LogP contribution is -2.53. The molecule has 1 aromatic heterocycles. The van der Waals surface area contributed by atoms with Gasteiger partial charge in [-0.3, -0.25) is 14.5 Å². The van der Waals surface area contributed by atoms with Gasteiger partial charge in [-0.15, -0.1) is 0 Å². The average Bonchev–Trinajstić information content (AvgIpc) is 3.20. The lowest BCUT2D eigenvalue weighted by atomic mass is 10.0. The quantitative estimate of drug-likeness (QED) is 0.608. The van der Waals surface area contributed by atoms with Crippen LogP contribution in [-0.4, -0.2) is 58.5 Å². The highest BCUT2D eigenvalue weighted by molar-refractivity contribution is 5.79. The third-order valence-corrected chi connectivity index (χ3v) is 5.20. The van der Waals surface area contributed by atoms with Gasteiger partial charge in [-0.25, -0.2) is 4.98 Å². The molecule has 2 heterocycles. The van der Waals surface area contributed by atoms with Gasteiger partial charge in [-0.2, -0.15) is 8.78 Å². The van der Waals surface area contributed by atoms with E-state index in [1.807, 2.05) is 6.07 Å². The number of hydrogen-bond donors (Lipinski definition) is 1. The molecule has 0 saturated carbocycles. The Bertz CT molecular complexity index is 753. The molecule has 6 nitrogen and oxygen atoms in total. The van der Waals surface area contributed by atoms with Crippen LogP contribution in [0.25, 0.3) is 0 Å². The summed E-state index contributed by atoms with van der Waals surface area (Å²) in [5, 5.41) is 3.17. The first-order valence-electron chi connectivity index (χ1n) is 9.68. The van der Waals surface area contributed by atoms with Gasteiger partial charge in [0.05, 0.1) is 6.54 Å². The zero-order valence-electron chi connectivity index (χ0n) is 16.4. The first-order chi connectivity index (χ1) is 13.6. The van der Waals surface area contributed by atoms with Gasteiger partial charge in [0, 0.05) is 51.7 Å². The molecule has 1 saturated heterocycles. The van der Waals surface area contributed by atoms with Crippen molar-refractivity contribution in [2.45, 2.75) is 32.5 Å². The lowest BCUT2D eigenvalue weighted by Gasteiger charge is -2.40. The number of guanidine groups is 1. The molecule has 2 aromatic rings. The summed E-state index contributed by atoms with van der Waals surface area (Å²) in [6.07, 6.45) is 3.74. The van der Waals surface area contributed by atoms with Gasteiger partial charge in [0.25, 0.3) is 0 Å². The lowest BCUT2D eigenvalue weighted by molar-refractivity contribution is 0.0667. The van der Waals surface area contributed by atoms with Crippen molar-refractivity contribution < 1.29 is 8.78 Å². The number of halogens is 2. The Morgan fingerprint density at radius 3 is 2.50 bits per heavy atom. The van der Waals surface area contributed by atoms with Crippen LogP contribution in [0.2, 0.25) is 0 Å².